The van der Waals surface area contributed by atoms with Gasteiger partial charge in [-0.15, -0.1) is 0 Å². The van der Waals surface area contributed by atoms with E-state index >= 15 is 0 Å². The molecule has 0 bridgehead atoms. The minimum atomic E-state index is -0.667. The van der Waals surface area contributed by atoms with E-state index in [1.165, 1.54) is 17.7 Å². The average molecular weight is 311 g/mol. The van der Waals surface area contributed by atoms with Crippen molar-refractivity contribution in [2.45, 2.75) is 25.9 Å². The Bertz CT molecular complexity index is 788. The highest BCUT2D eigenvalue weighted by molar-refractivity contribution is 5.93. The first-order valence-electron chi connectivity index (χ1n) is 7.39. The van der Waals surface area contributed by atoms with E-state index in [2.05, 4.69) is 17.9 Å². The molecule has 0 aliphatic carbocycles. The van der Waals surface area contributed by atoms with E-state index in [4.69, 9.17) is 5.73 Å². The second-order valence-electron chi connectivity index (χ2n) is 5.77. The summed E-state index contributed by atoms with van der Waals surface area (Å²) in [6.45, 7) is 2.52. The zero-order chi connectivity index (χ0) is 16.6. The quantitative estimate of drug-likeness (QED) is 0.694. The van der Waals surface area contributed by atoms with Crippen molar-refractivity contribution < 1.29 is 9.72 Å². The number of nitrogens with zero attached hydrogens (tertiary/aromatic N) is 2. The van der Waals surface area contributed by atoms with Crippen LogP contribution in [0.2, 0.25) is 0 Å². The predicted octanol–water partition coefficient (Wildman–Crippen LogP) is 2.64. The molecular weight excluding hydrogens is 294 g/mol. The Balaban J connectivity index is 1.97. The first kappa shape index (κ1) is 15.0. The highest BCUT2D eigenvalue weighted by atomic mass is 16.6. The molecule has 1 amide bonds. The van der Waals surface area contributed by atoms with Crippen LogP contribution in [-0.2, 0) is 13.0 Å². The van der Waals surface area contributed by atoms with Gasteiger partial charge in [0.15, 0.2) is 0 Å². The number of carbonyl (C=O) groups is 1. The van der Waals surface area contributed by atoms with Gasteiger partial charge in [-0.3, -0.25) is 14.9 Å². The van der Waals surface area contributed by atoms with E-state index in [0.717, 1.165) is 12.1 Å². The van der Waals surface area contributed by atoms with Gasteiger partial charge in [0.25, 0.3) is 5.69 Å². The Labute approximate surface area is 133 Å². The van der Waals surface area contributed by atoms with Crippen LogP contribution in [0.5, 0.6) is 0 Å². The van der Waals surface area contributed by atoms with Crippen LogP contribution < -0.4 is 10.6 Å². The minimum absolute atomic E-state index is 0.0714. The normalized spacial score (nSPS) is 16.2. The van der Waals surface area contributed by atoms with Gasteiger partial charge in [0.05, 0.1) is 11.5 Å². The molecule has 0 radical (unpaired) electrons. The van der Waals surface area contributed by atoms with Gasteiger partial charge in [-0.05, 0) is 37.1 Å². The van der Waals surface area contributed by atoms with E-state index in [0.29, 0.717) is 12.1 Å². The number of benzene rings is 2. The number of rotatable bonds is 4. The van der Waals surface area contributed by atoms with Gasteiger partial charge < -0.3 is 10.6 Å². The molecule has 0 saturated carbocycles. The summed E-state index contributed by atoms with van der Waals surface area (Å²) in [4.78, 5) is 24.3. The molecule has 0 spiro atoms. The minimum Gasteiger partial charge on any atom is -0.366 e. The number of carbonyl (C=O) groups excluding carboxylic acids is 1. The van der Waals surface area contributed by atoms with Crippen LogP contribution >= 0.6 is 0 Å². The lowest BCUT2D eigenvalue weighted by Gasteiger charge is -2.25. The number of fused-ring (bicyclic) bond motifs is 1. The zero-order valence-electron chi connectivity index (χ0n) is 12.7. The molecule has 1 atom stereocenters. The second-order valence-corrected chi connectivity index (χ2v) is 5.77. The number of nitro groups is 1. The lowest BCUT2D eigenvalue weighted by atomic mass is 10.1. The summed E-state index contributed by atoms with van der Waals surface area (Å²) in [5.41, 5.74) is 8.21. The summed E-state index contributed by atoms with van der Waals surface area (Å²) in [6, 6.07) is 12.8. The Morgan fingerprint density at radius 2 is 2.09 bits per heavy atom. The first-order valence-corrected chi connectivity index (χ1v) is 7.39. The van der Waals surface area contributed by atoms with E-state index in [1.54, 1.807) is 6.07 Å². The lowest BCUT2D eigenvalue weighted by molar-refractivity contribution is -0.385. The van der Waals surface area contributed by atoms with Crippen molar-refractivity contribution in [3.05, 3.63) is 69.3 Å². The van der Waals surface area contributed by atoms with E-state index in [9.17, 15) is 14.9 Å². The number of primary amides is 1. The number of anilines is 1. The van der Waals surface area contributed by atoms with Crippen LogP contribution in [0.4, 0.5) is 11.4 Å². The molecule has 2 N–H and O–H groups in total. The van der Waals surface area contributed by atoms with Crippen LogP contribution in [0, 0.1) is 10.1 Å². The molecule has 0 fully saturated rings. The molecule has 0 unspecified atom stereocenters. The largest absolute Gasteiger partial charge is 0.366 e. The Morgan fingerprint density at radius 3 is 2.78 bits per heavy atom. The molecule has 1 heterocycles. The maximum Gasteiger partial charge on any atom is 0.275 e. The summed E-state index contributed by atoms with van der Waals surface area (Å²) in [5.74, 6) is -0.667. The van der Waals surface area contributed by atoms with Crippen molar-refractivity contribution in [2.24, 2.45) is 5.73 Å². The van der Waals surface area contributed by atoms with Crippen molar-refractivity contribution >= 4 is 17.3 Å². The monoisotopic (exact) mass is 311 g/mol. The summed E-state index contributed by atoms with van der Waals surface area (Å²) < 4.78 is 0. The molecular formula is C17H17N3O3. The smallest absolute Gasteiger partial charge is 0.275 e. The van der Waals surface area contributed by atoms with Gasteiger partial charge in [0, 0.05) is 28.9 Å². The fraction of sp³-hybridized carbons (Fsp3) is 0.235. The number of hydrogen-bond acceptors (Lipinski definition) is 4. The molecule has 6 nitrogen and oxygen atoms in total. The summed E-state index contributed by atoms with van der Waals surface area (Å²) >= 11 is 0. The van der Waals surface area contributed by atoms with E-state index in [1.807, 2.05) is 18.2 Å². The third-order valence-corrected chi connectivity index (χ3v) is 4.26. The highest BCUT2D eigenvalue weighted by Crippen LogP contribution is 2.34. The maximum absolute atomic E-state index is 11.3. The number of nitro benzene ring substituents is 1. The van der Waals surface area contributed by atoms with E-state index in [-0.39, 0.29) is 17.3 Å². The summed E-state index contributed by atoms with van der Waals surface area (Å²) in [7, 11) is 0. The molecule has 6 heteroatoms. The fourth-order valence-corrected chi connectivity index (χ4v) is 3.07. The molecule has 3 rings (SSSR count). The summed E-state index contributed by atoms with van der Waals surface area (Å²) in [6.07, 6.45) is 0.920. The maximum atomic E-state index is 11.3. The molecule has 118 valence electrons. The first-order chi connectivity index (χ1) is 11.0. The highest BCUT2D eigenvalue weighted by Gasteiger charge is 2.27. The molecule has 0 saturated heterocycles. The van der Waals surface area contributed by atoms with Crippen LogP contribution in [0.25, 0.3) is 0 Å². The summed E-state index contributed by atoms with van der Waals surface area (Å²) in [5, 5.41) is 11.3. The molecule has 0 aromatic heterocycles. The SMILES string of the molecule is C[C@@H]1Cc2ccccc2N1Cc1ccc(C(N)=O)cc1[N+](=O)[O-]. The van der Waals surface area contributed by atoms with Crippen molar-refractivity contribution in [3.63, 3.8) is 0 Å². The van der Waals surface area contributed by atoms with Crippen LogP contribution in [-0.4, -0.2) is 16.9 Å². The predicted molar refractivity (Wildman–Crippen MR) is 87.4 cm³/mol. The van der Waals surface area contributed by atoms with Crippen molar-refractivity contribution in [2.75, 3.05) is 4.90 Å². The van der Waals surface area contributed by atoms with Crippen LogP contribution in [0.15, 0.2) is 42.5 Å². The third-order valence-electron chi connectivity index (χ3n) is 4.26. The Hall–Kier alpha value is -2.89. The number of hydrogen-bond donors (Lipinski definition) is 1. The van der Waals surface area contributed by atoms with Gasteiger partial charge >= 0.3 is 0 Å². The van der Waals surface area contributed by atoms with Crippen molar-refractivity contribution in [1.29, 1.82) is 0 Å². The average Bonchev–Trinajstić information content (AvgIpc) is 2.83. The Morgan fingerprint density at radius 1 is 1.35 bits per heavy atom. The van der Waals surface area contributed by atoms with Gasteiger partial charge in [-0.2, -0.15) is 0 Å². The van der Waals surface area contributed by atoms with Crippen LogP contribution in [0.3, 0.4) is 0 Å². The lowest BCUT2D eigenvalue weighted by Crippen LogP contribution is -2.29. The Kier molecular flexibility index (Phi) is 3.73. The number of para-hydroxylation sites is 1. The second kappa shape index (κ2) is 5.72. The molecule has 2 aromatic carbocycles. The topological polar surface area (TPSA) is 89.5 Å². The standard InChI is InChI=1S/C17H17N3O3/c1-11-8-12-4-2-3-5-15(12)19(11)10-14-7-6-13(17(18)21)9-16(14)20(22)23/h2-7,9,11H,8,10H2,1H3,(H2,18,21)/t11-/m1/s1. The van der Waals surface area contributed by atoms with Gasteiger partial charge in [-0.25, -0.2) is 0 Å². The van der Waals surface area contributed by atoms with Gasteiger partial charge in [-0.1, -0.05) is 18.2 Å². The van der Waals surface area contributed by atoms with Crippen molar-refractivity contribution in [1.82, 2.24) is 0 Å². The van der Waals surface area contributed by atoms with Crippen LogP contribution in [0.1, 0.15) is 28.4 Å². The number of nitrogens with two attached hydrogens (primary N) is 1. The fourth-order valence-electron chi connectivity index (χ4n) is 3.07. The van der Waals surface area contributed by atoms with Crippen molar-refractivity contribution in [3.8, 4) is 0 Å². The zero-order valence-corrected chi connectivity index (χ0v) is 12.7. The number of amides is 1. The van der Waals surface area contributed by atoms with E-state index < -0.39 is 10.8 Å². The third kappa shape index (κ3) is 2.75. The molecule has 1 aliphatic rings. The molecule has 2 aromatic rings. The molecule has 23 heavy (non-hydrogen) atoms. The molecule has 1 aliphatic heterocycles. The van der Waals surface area contributed by atoms with Gasteiger partial charge in [0.1, 0.15) is 0 Å². The van der Waals surface area contributed by atoms with Gasteiger partial charge in [0.2, 0.25) is 5.91 Å².